The topological polar surface area (TPSA) is 59.4 Å². The van der Waals surface area contributed by atoms with Crippen molar-refractivity contribution in [3.8, 4) is 0 Å². The van der Waals surface area contributed by atoms with Crippen molar-refractivity contribution in [2.45, 2.75) is 45.7 Å². The first kappa shape index (κ1) is 16.8. The fourth-order valence-electron chi connectivity index (χ4n) is 2.07. The molecule has 6 nitrogen and oxygen atoms in total. The van der Waals surface area contributed by atoms with Crippen molar-refractivity contribution in [1.29, 1.82) is 0 Å². The summed E-state index contributed by atoms with van der Waals surface area (Å²) in [6.07, 6.45) is -0.634. The van der Waals surface area contributed by atoms with Gasteiger partial charge in [-0.3, -0.25) is 4.52 Å². The zero-order valence-electron chi connectivity index (χ0n) is 11.0. The highest BCUT2D eigenvalue weighted by Gasteiger charge is 2.46. The van der Waals surface area contributed by atoms with Crippen LogP contribution in [0, 0.1) is 0 Å². The van der Waals surface area contributed by atoms with E-state index in [0.29, 0.717) is 13.1 Å². The van der Waals surface area contributed by atoms with Crippen molar-refractivity contribution in [3.63, 3.8) is 0 Å². The molecule has 108 valence electrons. The first-order valence-corrected chi connectivity index (χ1v) is 8.97. The van der Waals surface area contributed by atoms with E-state index in [4.69, 9.17) is 16.1 Å². The van der Waals surface area contributed by atoms with Gasteiger partial charge in [-0.1, -0.05) is 25.4 Å². The van der Waals surface area contributed by atoms with Crippen LogP contribution >= 0.6 is 18.3 Å². The number of hydrogen-bond donors (Lipinski definition) is 2. The van der Waals surface area contributed by atoms with Gasteiger partial charge in [0.1, 0.15) is 0 Å². The zero-order chi connectivity index (χ0) is 14.1. The van der Waals surface area contributed by atoms with Gasteiger partial charge in [-0.2, -0.15) is 5.01 Å². The molecule has 2 unspecified atom stereocenters. The standard InChI is InChI=1S/C9H21ClN3O3PS/c1-5-11-8(10)13(7(3)4)12(6-2)9(11)16-17(14,15)18/h7-9H,5-6H2,1-4H3,(H2,14,15,18). The second-order valence-corrected chi connectivity index (χ2v) is 7.30. The van der Waals surface area contributed by atoms with Gasteiger partial charge in [-0.15, -0.1) is 0 Å². The molecule has 9 heteroatoms. The number of halogens is 1. The first-order chi connectivity index (χ1) is 8.22. The Kier molecular flexibility index (Phi) is 5.99. The lowest BCUT2D eigenvalue weighted by Gasteiger charge is -2.33. The van der Waals surface area contributed by atoms with Gasteiger partial charge in [0.05, 0.1) is 0 Å². The SMILES string of the molecule is CCN1C(OP(O)(O)=S)N(CC)N(C(C)C)C1Cl. The van der Waals surface area contributed by atoms with E-state index in [1.165, 1.54) is 0 Å². The van der Waals surface area contributed by atoms with Crippen molar-refractivity contribution in [3.05, 3.63) is 0 Å². The normalized spacial score (nSPS) is 28.4. The molecule has 2 N–H and O–H groups in total. The predicted molar refractivity (Wildman–Crippen MR) is 75.0 cm³/mol. The third-order valence-electron chi connectivity index (χ3n) is 2.78. The van der Waals surface area contributed by atoms with E-state index >= 15 is 0 Å². The van der Waals surface area contributed by atoms with Gasteiger partial charge in [0.15, 0.2) is 12.0 Å². The molecule has 0 aromatic heterocycles. The summed E-state index contributed by atoms with van der Waals surface area (Å²) in [5.41, 5.74) is -0.387. The number of nitrogens with zero attached hydrogens (tertiary/aromatic N) is 3. The van der Waals surface area contributed by atoms with Crippen molar-refractivity contribution in [2.24, 2.45) is 0 Å². The van der Waals surface area contributed by atoms with Crippen molar-refractivity contribution >= 4 is 30.1 Å². The fourth-order valence-corrected chi connectivity index (χ4v) is 3.35. The molecule has 0 aromatic rings. The molecule has 0 spiro atoms. The minimum Gasteiger partial charge on any atom is -0.324 e. The summed E-state index contributed by atoms with van der Waals surface area (Å²) in [4.78, 5) is 20.5. The Hall–Kier alpha value is 0.700. The molecule has 2 atom stereocenters. The lowest BCUT2D eigenvalue weighted by Crippen LogP contribution is -2.46. The van der Waals surface area contributed by atoms with Crippen LogP contribution in [-0.4, -0.2) is 55.8 Å². The second kappa shape index (κ2) is 6.43. The van der Waals surface area contributed by atoms with Gasteiger partial charge in [-0.05, 0) is 25.7 Å². The molecule has 0 bridgehead atoms. The fraction of sp³-hybridized carbons (Fsp3) is 1.00. The third kappa shape index (κ3) is 3.62. The summed E-state index contributed by atoms with van der Waals surface area (Å²) in [6.45, 7) is 5.44. The van der Waals surface area contributed by atoms with Gasteiger partial charge in [0.2, 0.25) is 0 Å². The number of rotatable bonds is 5. The Morgan fingerprint density at radius 1 is 1.33 bits per heavy atom. The van der Waals surface area contributed by atoms with Gasteiger partial charge >= 0.3 is 6.72 Å². The molecular weight excluding hydrogens is 297 g/mol. The Morgan fingerprint density at radius 2 is 1.89 bits per heavy atom. The van der Waals surface area contributed by atoms with E-state index in [1.54, 1.807) is 0 Å². The van der Waals surface area contributed by atoms with Gasteiger partial charge in [0, 0.05) is 19.1 Å². The Balaban J connectivity index is 3.01. The molecule has 1 saturated heterocycles. The summed E-state index contributed by atoms with van der Waals surface area (Å²) in [5.74, 6) is 0. The van der Waals surface area contributed by atoms with Crippen LogP contribution in [0.5, 0.6) is 0 Å². The lowest BCUT2D eigenvalue weighted by atomic mass is 10.4. The van der Waals surface area contributed by atoms with Crippen molar-refractivity contribution in [1.82, 2.24) is 14.9 Å². The van der Waals surface area contributed by atoms with Crippen LogP contribution in [0.2, 0.25) is 0 Å². The lowest BCUT2D eigenvalue weighted by molar-refractivity contribution is -0.109. The first-order valence-electron chi connectivity index (χ1n) is 5.91. The summed E-state index contributed by atoms with van der Waals surface area (Å²) < 4.78 is 5.22. The highest BCUT2D eigenvalue weighted by molar-refractivity contribution is 8.06. The molecule has 0 saturated carbocycles. The molecule has 0 aromatic carbocycles. The molecule has 1 heterocycles. The Morgan fingerprint density at radius 3 is 2.22 bits per heavy atom. The maximum absolute atomic E-state index is 9.36. The maximum Gasteiger partial charge on any atom is 0.324 e. The average molecular weight is 318 g/mol. The third-order valence-corrected chi connectivity index (χ3v) is 3.95. The van der Waals surface area contributed by atoms with Crippen LogP contribution in [0.15, 0.2) is 0 Å². The minimum absolute atomic E-state index is 0.172. The van der Waals surface area contributed by atoms with E-state index < -0.39 is 13.1 Å². The number of hydrazine groups is 1. The number of alkyl halides is 1. The van der Waals surface area contributed by atoms with Crippen LogP contribution in [0.1, 0.15) is 27.7 Å². The van der Waals surface area contributed by atoms with Crippen LogP contribution < -0.4 is 0 Å². The van der Waals surface area contributed by atoms with E-state index in [9.17, 15) is 9.79 Å². The molecule has 1 aliphatic rings. The maximum atomic E-state index is 9.36. The predicted octanol–water partition coefficient (Wildman–Crippen LogP) is 1.30. The molecule has 0 radical (unpaired) electrons. The molecule has 1 rings (SSSR count). The zero-order valence-corrected chi connectivity index (χ0v) is 13.5. The van der Waals surface area contributed by atoms with Gasteiger partial charge < -0.3 is 9.79 Å². The van der Waals surface area contributed by atoms with Crippen molar-refractivity contribution in [2.75, 3.05) is 13.1 Å². The van der Waals surface area contributed by atoms with Gasteiger partial charge in [0.25, 0.3) is 0 Å². The van der Waals surface area contributed by atoms with Crippen LogP contribution in [-0.2, 0) is 16.3 Å². The molecule has 0 amide bonds. The second-order valence-electron chi connectivity index (χ2n) is 4.29. The van der Waals surface area contributed by atoms with E-state index in [1.807, 2.05) is 42.6 Å². The molecule has 1 fully saturated rings. The minimum atomic E-state index is -3.73. The Bertz CT molecular complexity index is 330. The van der Waals surface area contributed by atoms with Crippen LogP contribution in [0.3, 0.4) is 0 Å². The van der Waals surface area contributed by atoms with E-state index in [0.717, 1.165) is 0 Å². The molecule has 0 aliphatic carbocycles. The summed E-state index contributed by atoms with van der Waals surface area (Å²) in [6, 6.07) is 0.172. The van der Waals surface area contributed by atoms with E-state index in [2.05, 4.69) is 11.8 Å². The summed E-state index contributed by atoms with van der Waals surface area (Å²) in [7, 11) is 0. The van der Waals surface area contributed by atoms with Crippen molar-refractivity contribution < 1.29 is 14.3 Å². The summed E-state index contributed by atoms with van der Waals surface area (Å²) >= 11 is 10.9. The van der Waals surface area contributed by atoms with Crippen LogP contribution in [0.4, 0.5) is 0 Å². The molecular formula is C9H21ClN3O3PS. The monoisotopic (exact) mass is 317 g/mol. The quantitative estimate of drug-likeness (QED) is 0.450. The highest BCUT2D eigenvalue weighted by atomic mass is 35.5. The van der Waals surface area contributed by atoms with Gasteiger partial charge in [-0.25, -0.2) is 9.91 Å². The largest absolute Gasteiger partial charge is 0.324 e. The average Bonchev–Trinajstić information content (AvgIpc) is 2.47. The van der Waals surface area contributed by atoms with E-state index in [-0.39, 0.29) is 11.7 Å². The summed E-state index contributed by atoms with van der Waals surface area (Å²) in [5, 5.41) is 3.81. The smallest absolute Gasteiger partial charge is 0.324 e. The van der Waals surface area contributed by atoms with Crippen LogP contribution in [0.25, 0.3) is 0 Å². The number of hydrogen-bond acceptors (Lipinski definition) is 5. The molecule has 1 aliphatic heterocycles. The Labute approximate surface area is 118 Å². The molecule has 18 heavy (non-hydrogen) atoms. The highest BCUT2D eigenvalue weighted by Crippen LogP contribution is 2.43.